The lowest BCUT2D eigenvalue weighted by Crippen LogP contribution is -2.47. The first-order chi connectivity index (χ1) is 9.62. The highest BCUT2D eigenvalue weighted by atomic mass is 15.2. The van der Waals surface area contributed by atoms with E-state index in [1.807, 2.05) is 0 Å². The molecule has 0 aromatic heterocycles. The molecule has 0 aliphatic heterocycles. The van der Waals surface area contributed by atoms with Gasteiger partial charge in [-0.1, -0.05) is 47.5 Å². The highest BCUT2D eigenvalue weighted by Crippen LogP contribution is 2.27. The molecule has 20 heavy (non-hydrogen) atoms. The monoisotopic (exact) mass is 282 g/mol. The summed E-state index contributed by atoms with van der Waals surface area (Å²) in [5, 5.41) is 3.74. The molecular weight excluding hydrogens is 244 g/mol. The maximum absolute atomic E-state index is 3.74. The van der Waals surface area contributed by atoms with Crippen LogP contribution in [-0.2, 0) is 0 Å². The van der Waals surface area contributed by atoms with Crippen molar-refractivity contribution in [2.75, 3.05) is 19.6 Å². The maximum atomic E-state index is 3.74. The van der Waals surface area contributed by atoms with E-state index in [0.29, 0.717) is 0 Å². The van der Waals surface area contributed by atoms with Crippen LogP contribution in [0, 0.1) is 11.8 Å². The van der Waals surface area contributed by atoms with Gasteiger partial charge in [-0.3, -0.25) is 4.90 Å². The van der Waals surface area contributed by atoms with Crippen molar-refractivity contribution >= 4 is 0 Å². The van der Waals surface area contributed by atoms with Crippen LogP contribution in [0.3, 0.4) is 0 Å². The van der Waals surface area contributed by atoms with Gasteiger partial charge in [0.2, 0.25) is 0 Å². The average Bonchev–Trinajstić information content (AvgIpc) is 2.42. The molecule has 0 spiro atoms. The van der Waals surface area contributed by atoms with Crippen molar-refractivity contribution in [3.8, 4) is 0 Å². The fraction of sp³-hybridized carbons (Fsp3) is 1.00. The van der Waals surface area contributed by atoms with Crippen molar-refractivity contribution in [1.29, 1.82) is 0 Å². The Labute approximate surface area is 127 Å². The molecular formula is C18H38N2. The quantitative estimate of drug-likeness (QED) is 0.678. The van der Waals surface area contributed by atoms with Gasteiger partial charge in [-0.15, -0.1) is 0 Å². The fourth-order valence-corrected chi connectivity index (χ4v) is 3.91. The van der Waals surface area contributed by atoms with E-state index in [2.05, 4.69) is 44.8 Å². The zero-order chi connectivity index (χ0) is 15.0. The van der Waals surface area contributed by atoms with E-state index in [4.69, 9.17) is 0 Å². The molecule has 1 fully saturated rings. The van der Waals surface area contributed by atoms with Gasteiger partial charge < -0.3 is 5.32 Å². The van der Waals surface area contributed by atoms with E-state index in [-0.39, 0.29) is 0 Å². The second-order valence-corrected chi connectivity index (χ2v) is 7.03. The standard InChI is InChI=1S/C18H38N2/c1-6-17(7-2)20(13-15(4)5)14-16-11-9-10-12-18(16)19-8-3/h15-19H,6-14H2,1-5H3. The van der Waals surface area contributed by atoms with Gasteiger partial charge in [-0.05, 0) is 44.1 Å². The Bertz CT molecular complexity index is 234. The maximum Gasteiger partial charge on any atom is 0.0107 e. The first-order valence-electron chi connectivity index (χ1n) is 9.09. The van der Waals surface area contributed by atoms with Gasteiger partial charge in [0.25, 0.3) is 0 Å². The first-order valence-corrected chi connectivity index (χ1v) is 9.09. The summed E-state index contributed by atoms with van der Waals surface area (Å²) in [5.41, 5.74) is 0. The molecule has 0 bridgehead atoms. The normalized spacial score (nSPS) is 24.0. The zero-order valence-corrected chi connectivity index (χ0v) is 14.6. The fourth-order valence-electron chi connectivity index (χ4n) is 3.91. The van der Waals surface area contributed by atoms with Crippen molar-refractivity contribution in [3.63, 3.8) is 0 Å². The second-order valence-electron chi connectivity index (χ2n) is 7.03. The summed E-state index contributed by atoms with van der Waals surface area (Å²) in [7, 11) is 0. The van der Waals surface area contributed by atoms with Gasteiger partial charge >= 0.3 is 0 Å². The summed E-state index contributed by atoms with van der Waals surface area (Å²) in [6.45, 7) is 15.4. The highest BCUT2D eigenvalue weighted by Gasteiger charge is 2.28. The molecule has 0 aromatic rings. The number of rotatable bonds is 9. The van der Waals surface area contributed by atoms with Crippen LogP contribution in [0.1, 0.15) is 73.1 Å². The number of nitrogens with zero attached hydrogens (tertiary/aromatic N) is 1. The van der Waals surface area contributed by atoms with Gasteiger partial charge in [0, 0.05) is 25.2 Å². The number of nitrogens with one attached hydrogen (secondary N) is 1. The molecule has 0 amide bonds. The van der Waals surface area contributed by atoms with Crippen molar-refractivity contribution in [1.82, 2.24) is 10.2 Å². The van der Waals surface area contributed by atoms with Crippen LogP contribution >= 0.6 is 0 Å². The molecule has 120 valence electrons. The Hall–Kier alpha value is -0.0800. The van der Waals surface area contributed by atoms with Crippen LogP contribution in [0.15, 0.2) is 0 Å². The van der Waals surface area contributed by atoms with Crippen LogP contribution in [0.2, 0.25) is 0 Å². The lowest BCUT2D eigenvalue weighted by atomic mass is 9.83. The Morgan fingerprint density at radius 2 is 1.70 bits per heavy atom. The largest absolute Gasteiger partial charge is 0.314 e. The van der Waals surface area contributed by atoms with Gasteiger partial charge in [0.05, 0.1) is 0 Å². The van der Waals surface area contributed by atoms with Crippen LogP contribution in [0.5, 0.6) is 0 Å². The van der Waals surface area contributed by atoms with Crippen molar-refractivity contribution in [2.45, 2.75) is 85.2 Å². The minimum Gasteiger partial charge on any atom is -0.314 e. The predicted molar refractivity (Wildman–Crippen MR) is 90.2 cm³/mol. The molecule has 2 nitrogen and oxygen atoms in total. The van der Waals surface area contributed by atoms with Gasteiger partial charge in [0.1, 0.15) is 0 Å². The van der Waals surface area contributed by atoms with Gasteiger partial charge in [0.15, 0.2) is 0 Å². The molecule has 1 N–H and O–H groups in total. The molecule has 2 unspecified atom stereocenters. The zero-order valence-electron chi connectivity index (χ0n) is 14.6. The van der Waals surface area contributed by atoms with E-state index in [9.17, 15) is 0 Å². The third kappa shape index (κ3) is 5.73. The van der Waals surface area contributed by atoms with Crippen LogP contribution in [0.25, 0.3) is 0 Å². The van der Waals surface area contributed by atoms with E-state index < -0.39 is 0 Å². The third-order valence-electron chi connectivity index (χ3n) is 4.90. The second kappa shape index (κ2) is 9.78. The van der Waals surface area contributed by atoms with Crippen LogP contribution < -0.4 is 5.32 Å². The number of hydrogen-bond acceptors (Lipinski definition) is 2. The molecule has 2 heteroatoms. The van der Waals surface area contributed by atoms with E-state index in [1.54, 1.807) is 0 Å². The van der Waals surface area contributed by atoms with Gasteiger partial charge in [-0.25, -0.2) is 0 Å². The summed E-state index contributed by atoms with van der Waals surface area (Å²) in [5.74, 6) is 1.64. The molecule has 1 rings (SSSR count). The molecule has 2 atom stereocenters. The van der Waals surface area contributed by atoms with Crippen molar-refractivity contribution in [3.05, 3.63) is 0 Å². The highest BCUT2D eigenvalue weighted by molar-refractivity contribution is 4.84. The summed E-state index contributed by atoms with van der Waals surface area (Å²) in [6.07, 6.45) is 8.25. The SMILES string of the molecule is CCNC1CCCCC1CN(CC(C)C)C(CC)CC. The van der Waals surface area contributed by atoms with E-state index >= 15 is 0 Å². The molecule has 0 radical (unpaired) electrons. The molecule has 0 saturated heterocycles. The Balaban J connectivity index is 2.65. The smallest absolute Gasteiger partial charge is 0.0107 e. The van der Waals surface area contributed by atoms with Gasteiger partial charge in [-0.2, -0.15) is 0 Å². The van der Waals surface area contributed by atoms with E-state index in [1.165, 1.54) is 51.6 Å². The lowest BCUT2D eigenvalue weighted by Gasteiger charge is -2.39. The molecule has 1 aliphatic rings. The summed E-state index contributed by atoms with van der Waals surface area (Å²) in [4.78, 5) is 2.80. The minimum absolute atomic E-state index is 0.762. The van der Waals surface area contributed by atoms with Crippen LogP contribution in [0.4, 0.5) is 0 Å². The lowest BCUT2D eigenvalue weighted by molar-refractivity contribution is 0.111. The Morgan fingerprint density at radius 1 is 1.05 bits per heavy atom. The molecule has 0 heterocycles. The summed E-state index contributed by atoms with van der Waals surface area (Å²) in [6, 6.07) is 1.54. The Morgan fingerprint density at radius 3 is 2.25 bits per heavy atom. The Kier molecular flexibility index (Phi) is 8.79. The van der Waals surface area contributed by atoms with E-state index in [0.717, 1.165) is 30.5 Å². The van der Waals surface area contributed by atoms with Crippen molar-refractivity contribution in [2.24, 2.45) is 11.8 Å². The minimum atomic E-state index is 0.762. The summed E-state index contributed by atoms with van der Waals surface area (Å²) < 4.78 is 0. The van der Waals surface area contributed by atoms with Crippen LogP contribution in [-0.4, -0.2) is 36.6 Å². The first kappa shape index (κ1) is 18.0. The average molecular weight is 283 g/mol. The molecule has 1 aliphatic carbocycles. The van der Waals surface area contributed by atoms with Crippen molar-refractivity contribution < 1.29 is 0 Å². The molecule has 0 aromatic carbocycles. The third-order valence-corrected chi connectivity index (χ3v) is 4.90. The number of hydrogen-bond donors (Lipinski definition) is 1. The predicted octanol–water partition coefficient (Wildman–Crippen LogP) is 4.30. The summed E-state index contributed by atoms with van der Waals surface area (Å²) >= 11 is 0. The molecule has 1 saturated carbocycles. The topological polar surface area (TPSA) is 15.3 Å².